The van der Waals surface area contributed by atoms with E-state index in [1.165, 1.54) is 0 Å². The number of thioether (sulfide) groups is 1. The van der Waals surface area contributed by atoms with Gasteiger partial charge in [-0.3, -0.25) is 14.9 Å². The number of amides is 2. The van der Waals surface area contributed by atoms with Gasteiger partial charge in [0, 0.05) is 25.4 Å². The van der Waals surface area contributed by atoms with Crippen LogP contribution in [0.3, 0.4) is 0 Å². The van der Waals surface area contributed by atoms with E-state index in [0.29, 0.717) is 25.2 Å². The van der Waals surface area contributed by atoms with Crippen molar-refractivity contribution in [3.8, 4) is 5.75 Å². The van der Waals surface area contributed by atoms with Crippen molar-refractivity contribution in [1.29, 1.82) is 0 Å². The maximum absolute atomic E-state index is 11.6. The van der Waals surface area contributed by atoms with Crippen molar-refractivity contribution in [2.45, 2.75) is 257 Å². The van der Waals surface area contributed by atoms with E-state index in [4.69, 9.17) is 90.7 Å². The number of carboxylic acid groups (broad SMARTS) is 2. The van der Waals surface area contributed by atoms with Gasteiger partial charge in [0.25, 0.3) is 5.24 Å². The fourth-order valence-corrected chi connectivity index (χ4v) is 15.4. The van der Waals surface area contributed by atoms with Crippen molar-refractivity contribution in [3.63, 3.8) is 0 Å². The molecule has 31 aliphatic rings. The molecule has 27 N–H and O–H groups in total. The lowest BCUT2D eigenvalue weighted by Gasteiger charge is -2.50. The number of nitrogens with zero attached hydrogens (tertiary/aromatic N) is 2. The van der Waals surface area contributed by atoms with Crippen molar-refractivity contribution in [3.05, 3.63) is 66.4 Å². The molecular weight excluding hydrogens is 1670 g/mol. The first-order valence-electron chi connectivity index (χ1n) is 37.9. The van der Waals surface area contributed by atoms with Gasteiger partial charge in [0.05, 0.1) is 64.6 Å². The summed E-state index contributed by atoms with van der Waals surface area (Å²) in [5.41, 5.74) is 1.00. The van der Waals surface area contributed by atoms with Crippen molar-refractivity contribution in [1.82, 2.24) is 10.3 Å². The van der Waals surface area contributed by atoms with Crippen LogP contribution in [0.2, 0.25) is 0 Å². The Hall–Kier alpha value is -5.46. The molecule has 0 spiro atoms. The van der Waals surface area contributed by atoms with Gasteiger partial charge in [-0.2, -0.15) is 0 Å². The summed E-state index contributed by atoms with van der Waals surface area (Å²) in [5, 5.41) is 282. The smallest absolute Gasteiger partial charge is 0.328 e. The monoisotopic (exact) mass is 1770 g/mol. The van der Waals surface area contributed by atoms with Gasteiger partial charge in [-0.05, 0) is 36.2 Å². The Labute approximate surface area is 688 Å². The number of nitrogens with one attached hydrogen (secondary N) is 1. The number of aliphatic hydroxyl groups is 24. The molecular formula is C70H103N3O47S. The number of hydrogen-bond acceptors (Lipinski definition) is 48. The molecule has 121 heavy (non-hydrogen) atoms. The van der Waals surface area contributed by atoms with E-state index in [2.05, 4.69) is 10.3 Å². The molecule has 0 aliphatic carbocycles. The number of likely N-dealkylation sites (N-methyl/N-ethyl adjacent to an activating group) is 1. The van der Waals surface area contributed by atoms with Gasteiger partial charge >= 0.3 is 11.9 Å². The van der Waals surface area contributed by atoms with Gasteiger partial charge in [0.15, 0.2) is 50.3 Å². The van der Waals surface area contributed by atoms with E-state index in [0.717, 1.165) is 35.4 Å². The molecule has 686 valence electrons. The van der Waals surface area contributed by atoms with Crippen LogP contribution in [0.5, 0.6) is 5.75 Å². The van der Waals surface area contributed by atoms with Gasteiger partial charge < -0.3 is 218 Å². The molecule has 50 nitrogen and oxygen atoms in total. The Bertz CT molecular complexity index is 3120. The number of carboxylic acids is 2. The highest BCUT2D eigenvalue weighted by molar-refractivity contribution is 8.15. The number of pyridine rings is 1. The lowest BCUT2D eigenvalue weighted by molar-refractivity contribution is -0.404. The van der Waals surface area contributed by atoms with Crippen LogP contribution in [0, 0.1) is 0 Å². The Balaban J connectivity index is 0.000000384. The molecule has 1 aromatic heterocycles. The molecule has 2 aromatic rings. The number of carbonyl (C=O) groups is 4. The summed E-state index contributed by atoms with van der Waals surface area (Å²) in [7, 11) is 1.97. The van der Waals surface area contributed by atoms with Gasteiger partial charge in [0.1, 0.15) is 214 Å². The third-order valence-electron chi connectivity index (χ3n) is 21.1. The van der Waals surface area contributed by atoms with E-state index in [1.54, 1.807) is 6.20 Å². The minimum Gasteiger partial charge on any atom is -0.492 e. The number of benzene rings is 1. The van der Waals surface area contributed by atoms with Crippen molar-refractivity contribution >= 4 is 40.7 Å². The summed E-state index contributed by atoms with van der Waals surface area (Å²) in [6, 6.07) is 13.4. The Kier molecular flexibility index (Phi) is 35.8. The largest absolute Gasteiger partial charge is 0.492 e. The average molecular weight is 1770 g/mol. The first-order chi connectivity index (χ1) is 57.6. The van der Waals surface area contributed by atoms with Crippen LogP contribution in [-0.4, -0.2) is 485 Å². The second-order valence-corrected chi connectivity index (χ2v) is 30.3. The second kappa shape index (κ2) is 44.3. The third-order valence-corrected chi connectivity index (χ3v) is 22.1. The van der Waals surface area contributed by atoms with Crippen molar-refractivity contribution in [2.75, 3.05) is 78.0 Å². The normalized spacial score (nSPS) is 44.3. The van der Waals surface area contributed by atoms with Crippen LogP contribution in [0.25, 0.3) is 0 Å². The first kappa shape index (κ1) is 97.7. The number of aliphatic hydroxyl groups excluding tert-OH is 24. The Morgan fingerprint density at radius 1 is 0.380 bits per heavy atom. The fraction of sp³-hybridized carbons (Fsp3) is 0.757. The number of carbonyl (C=O) groups excluding carboxylic acids is 2. The Morgan fingerprint density at radius 2 is 0.628 bits per heavy atom. The number of aromatic nitrogens is 1. The number of imide groups is 1. The van der Waals surface area contributed by atoms with Crippen molar-refractivity contribution in [2.24, 2.45) is 0 Å². The molecule has 0 radical (unpaired) electrons. The molecule has 32 heterocycles. The van der Waals surface area contributed by atoms with E-state index in [1.807, 2.05) is 54.4 Å². The molecule has 0 saturated carbocycles. The molecule has 33 rings (SSSR count). The number of anilines is 1. The topological polar surface area (TPSA) is 779 Å². The maximum Gasteiger partial charge on any atom is 0.328 e. The molecule has 51 heteroatoms. The SMILES string of the molecule is CN(CCOc1ccc(CC2SC(=O)NC2=O)cc1)c1ccccn1.O=C(O)/C=C\C(=O)O.OC[C@@H]1O[C@@H]2O[C@H]3[C@@H](O)[C@H](O)[C@@H](O[C@H]4[C@@H](O)[C@H](O)[C@@H](O[C@H]5[C@H](O)[C@@H](O)[C@@H](O[C@H]6[C@@H](O)[C@@H](O)[C@@H](O[C@H]7[C@H](O)[C@@H](O)[C@@H](O[C@H]8[C@H](O)[C@@H](O)[C@@H](O[C@H]9[C@@H](O)[C@H](O)[C@@H](O[C@H]1[C@H](O)[C@H]2O)O[C@H]9CO)O[C@H]8CO)O[C@@H]7CO)O[C@@H]6CO)O[C@@H]5CO)O[C@@H]4CO)O[C@@H]3CO. The average Bonchev–Trinajstić information content (AvgIpc) is 1.01. The highest BCUT2D eigenvalue weighted by atomic mass is 32.2. The Morgan fingerprint density at radius 3 is 0.826 bits per heavy atom. The van der Waals surface area contributed by atoms with Crippen LogP contribution >= 0.6 is 11.8 Å². The minimum atomic E-state index is -2.25. The van der Waals surface area contributed by atoms with Gasteiger partial charge in [-0.25, -0.2) is 14.6 Å². The number of hydrogen-bond donors (Lipinski definition) is 27. The summed E-state index contributed by atoms with van der Waals surface area (Å²) in [5.74, 6) is -1.05. The number of rotatable bonds is 17. The predicted octanol–water partition coefficient (Wildman–Crippen LogP) is -15.2. The number of aliphatic carboxylic acids is 2. The van der Waals surface area contributed by atoms with Crippen LogP contribution in [-0.2, 0) is 96.6 Å². The summed E-state index contributed by atoms with van der Waals surface area (Å²) >= 11 is 1.05. The maximum atomic E-state index is 11.6. The predicted molar refractivity (Wildman–Crippen MR) is 384 cm³/mol. The van der Waals surface area contributed by atoms with Crippen LogP contribution in [0.15, 0.2) is 60.8 Å². The van der Waals surface area contributed by atoms with Crippen LogP contribution < -0.4 is 15.0 Å². The zero-order valence-corrected chi connectivity index (χ0v) is 64.5. The van der Waals surface area contributed by atoms with E-state index in [9.17, 15) is 142 Å². The van der Waals surface area contributed by atoms with Crippen LogP contribution in [0.1, 0.15) is 5.56 Å². The molecule has 41 atom stereocenters. The molecule has 1 aromatic carbocycles. The molecule has 31 fully saturated rings. The van der Waals surface area contributed by atoms with Gasteiger partial charge in [-0.15, -0.1) is 0 Å². The lowest BCUT2D eigenvalue weighted by atomic mass is 9.94. The van der Waals surface area contributed by atoms with Gasteiger partial charge in [-0.1, -0.05) is 30.0 Å². The van der Waals surface area contributed by atoms with Crippen LogP contribution in [0.4, 0.5) is 10.6 Å². The summed E-state index contributed by atoms with van der Waals surface area (Å²) in [4.78, 5) is 48.2. The lowest BCUT2D eigenvalue weighted by Crippen LogP contribution is -2.69. The summed E-state index contributed by atoms with van der Waals surface area (Å²) in [6.45, 7) is -7.37. The quantitative estimate of drug-likeness (QED) is 0.0654. The third kappa shape index (κ3) is 22.9. The van der Waals surface area contributed by atoms with Gasteiger partial charge in [0.2, 0.25) is 5.91 Å². The minimum absolute atomic E-state index is 0.215. The molecule has 1 unspecified atom stereocenters. The van der Waals surface area contributed by atoms with E-state index in [-0.39, 0.29) is 16.4 Å². The molecule has 16 bridgehead atoms. The molecule has 31 aliphatic heterocycles. The summed E-state index contributed by atoms with van der Waals surface area (Å²) < 4.78 is 96.8. The van der Waals surface area contributed by atoms with E-state index >= 15 is 0 Å². The zero-order chi connectivity index (χ0) is 88.3. The number of ether oxygens (including phenoxy) is 17. The standard InChI is InChI=1S/C48H80O40.C18H19N3O3S.C4H4O4/c49-1-9-33-17(57)25(65)41(73-9)82-34-10(2-50)75-43(27(67)19(34)59)84-36-12(4-52)77-45(29(69)21(36)61)86-38-14(6-54)79-47(31(71)23(38)63)88-40-16(8-56)80-48(32(72)24(40)64)87-39-15(7-55)78-46(30(70)22(39)62)85-37-13(5-53)76-44(28(68)20(37)60)83-35-11(3-51)74-42(81-33)26(66)18(35)58;1-21(16-4-2-3-9-19-16)10-11-24-14-7-5-13(6-8-14)12-15-17(22)20-18(23)25-15;5-3(6)1-2-4(7)8/h9-72H,1-8H2;2-9,15H,10-12H2,1H3,(H,20,22,23);1-2H,(H,5,6)(H,7,8)/b;;2-1-/t9-,10-,11-,12-,13-,14+,15+,16+,17-,18+,19+,20+,21-,22-,23-,24+,25-,26+,27-,28+,29-,30-,31-,32+,33-,34-,35-,36-,37-,38-,39-,40-,41-,42-,43-,44-,45-,46-,47-,48-;;/m1../s1. The summed E-state index contributed by atoms with van der Waals surface area (Å²) in [6.07, 6.45) is -78.5. The molecule has 31 saturated heterocycles. The van der Waals surface area contributed by atoms with Crippen molar-refractivity contribution < 1.29 is 232 Å². The van der Waals surface area contributed by atoms with E-state index < -0.39 is 310 Å². The second-order valence-electron chi connectivity index (χ2n) is 29.2. The first-order valence-corrected chi connectivity index (χ1v) is 38.8. The molecule has 2 amide bonds. The highest BCUT2D eigenvalue weighted by Crippen LogP contribution is 2.40. The highest BCUT2D eigenvalue weighted by Gasteiger charge is 2.61. The zero-order valence-electron chi connectivity index (χ0n) is 63.7. The fourth-order valence-electron chi connectivity index (χ4n) is 14.5.